The van der Waals surface area contributed by atoms with Gasteiger partial charge in [0.05, 0.1) is 5.56 Å². The zero-order valence-corrected chi connectivity index (χ0v) is 17.3. The fourth-order valence-corrected chi connectivity index (χ4v) is 4.32. The highest BCUT2D eigenvalue weighted by Crippen LogP contribution is 2.31. The molecule has 1 amide bonds. The van der Waals surface area contributed by atoms with Crippen molar-refractivity contribution in [1.29, 1.82) is 0 Å². The Morgan fingerprint density at radius 2 is 2.00 bits per heavy atom. The van der Waals surface area contributed by atoms with Gasteiger partial charge in [0.2, 0.25) is 0 Å². The van der Waals surface area contributed by atoms with Gasteiger partial charge in [0.15, 0.2) is 0 Å². The van der Waals surface area contributed by atoms with E-state index in [2.05, 4.69) is 36.3 Å². The van der Waals surface area contributed by atoms with Gasteiger partial charge < -0.3 is 15.5 Å². The molecule has 0 aromatic carbocycles. The topological polar surface area (TPSA) is 57.3 Å². The zero-order chi connectivity index (χ0) is 19.3. The number of rotatable bonds is 6. The van der Waals surface area contributed by atoms with Gasteiger partial charge in [0, 0.05) is 25.7 Å². The molecular weight excluding hydrogens is 336 g/mol. The maximum atomic E-state index is 12.9. The Bertz CT molecular complexity index is 637. The summed E-state index contributed by atoms with van der Waals surface area (Å²) in [4.78, 5) is 20.1. The van der Waals surface area contributed by atoms with Gasteiger partial charge in [-0.25, -0.2) is 4.98 Å². The van der Waals surface area contributed by atoms with Crippen LogP contribution < -0.4 is 15.5 Å². The summed E-state index contributed by atoms with van der Waals surface area (Å²) in [5, 5.41) is 6.61. The lowest BCUT2D eigenvalue weighted by Crippen LogP contribution is -2.40. The second-order valence-corrected chi connectivity index (χ2v) is 8.99. The van der Waals surface area contributed by atoms with E-state index in [1.807, 2.05) is 12.1 Å². The quantitative estimate of drug-likeness (QED) is 0.767. The molecule has 1 saturated carbocycles. The third kappa shape index (κ3) is 5.36. The van der Waals surface area contributed by atoms with E-state index in [1.54, 1.807) is 0 Å². The summed E-state index contributed by atoms with van der Waals surface area (Å²) >= 11 is 0. The van der Waals surface area contributed by atoms with Gasteiger partial charge in [-0.2, -0.15) is 0 Å². The van der Waals surface area contributed by atoms with Crippen LogP contribution in [0.5, 0.6) is 0 Å². The first kappa shape index (κ1) is 20.0. The number of pyridine rings is 1. The summed E-state index contributed by atoms with van der Waals surface area (Å²) in [5.41, 5.74) is 0.989. The van der Waals surface area contributed by atoms with E-state index in [4.69, 9.17) is 4.98 Å². The van der Waals surface area contributed by atoms with Gasteiger partial charge in [-0.3, -0.25) is 4.79 Å². The molecule has 1 saturated heterocycles. The van der Waals surface area contributed by atoms with Crippen LogP contribution in [0.2, 0.25) is 0 Å². The number of piperidine rings is 1. The highest BCUT2D eigenvalue weighted by atomic mass is 16.1. The van der Waals surface area contributed by atoms with Crippen LogP contribution in [0.25, 0.3) is 0 Å². The Balaban J connectivity index is 1.77. The van der Waals surface area contributed by atoms with Gasteiger partial charge >= 0.3 is 0 Å². The Morgan fingerprint density at radius 3 is 2.70 bits per heavy atom. The summed E-state index contributed by atoms with van der Waals surface area (Å²) in [6, 6.07) is 4.29. The molecule has 0 radical (unpaired) electrons. The summed E-state index contributed by atoms with van der Waals surface area (Å²) in [7, 11) is 0. The molecule has 1 aromatic rings. The van der Waals surface area contributed by atoms with E-state index in [0.717, 1.165) is 50.5 Å². The molecule has 2 heterocycles. The van der Waals surface area contributed by atoms with Crippen LogP contribution in [-0.4, -0.2) is 36.6 Å². The Hall–Kier alpha value is -1.78. The molecule has 2 N–H and O–H groups in total. The molecule has 2 fully saturated rings. The van der Waals surface area contributed by atoms with E-state index < -0.39 is 0 Å². The lowest BCUT2D eigenvalue weighted by Gasteiger charge is -2.39. The number of hydrogen-bond donors (Lipinski definition) is 2. The summed E-state index contributed by atoms with van der Waals surface area (Å²) in [6.45, 7) is 9.65. The highest BCUT2D eigenvalue weighted by molar-refractivity contribution is 5.99. The van der Waals surface area contributed by atoms with Crippen molar-refractivity contribution in [2.24, 2.45) is 5.41 Å². The van der Waals surface area contributed by atoms with E-state index >= 15 is 0 Å². The average molecular weight is 373 g/mol. The smallest absolute Gasteiger partial charge is 0.255 e. The van der Waals surface area contributed by atoms with Crippen molar-refractivity contribution in [2.75, 3.05) is 29.9 Å². The number of carbonyl (C=O) groups is 1. The molecule has 0 atom stereocenters. The molecule has 1 aliphatic heterocycles. The molecule has 5 heteroatoms. The van der Waals surface area contributed by atoms with Crippen LogP contribution in [0, 0.1) is 5.41 Å². The second kappa shape index (κ2) is 8.94. The number of amides is 1. The van der Waals surface area contributed by atoms with Crippen molar-refractivity contribution in [3.63, 3.8) is 0 Å². The predicted molar refractivity (Wildman–Crippen MR) is 113 cm³/mol. The minimum Gasteiger partial charge on any atom is -0.369 e. The van der Waals surface area contributed by atoms with Crippen molar-refractivity contribution in [3.8, 4) is 0 Å². The van der Waals surface area contributed by atoms with Crippen molar-refractivity contribution >= 4 is 17.5 Å². The molecule has 5 nitrogen and oxygen atoms in total. The summed E-state index contributed by atoms with van der Waals surface area (Å²) in [5.74, 6) is 1.72. The second-order valence-electron chi connectivity index (χ2n) is 8.99. The SMILES string of the molecule is CCCNc1nc(N2CCCC(C)(C)C2)ccc1C(=O)NC1CCCCC1. The van der Waals surface area contributed by atoms with Gasteiger partial charge in [-0.15, -0.1) is 0 Å². The molecule has 0 unspecified atom stereocenters. The van der Waals surface area contributed by atoms with Gasteiger partial charge in [-0.05, 0) is 49.7 Å². The van der Waals surface area contributed by atoms with Crippen LogP contribution in [0.3, 0.4) is 0 Å². The first-order valence-electron chi connectivity index (χ1n) is 10.8. The molecule has 150 valence electrons. The van der Waals surface area contributed by atoms with Crippen LogP contribution >= 0.6 is 0 Å². The molecule has 1 aliphatic carbocycles. The molecule has 1 aromatic heterocycles. The number of carbonyl (C=O) groups excluding carboxylic acids is 1. The monoisotopic (exact) mass is 372 g/mol. The third-order valence-corrected chi connectivity index (χ3v) is 5.83. The molecule has 0 spiro atoms. The molecular formula is C22H36N4O. The molecule has 2 aliphatic rings. The van der Waals surface area contributed by atoms with Crippen LogP contribution in [0.1, 0.15) is 82.5 Å². The molecule has 27 heavy (non-hydrogen) atoms. The van der Waals surface area contributed by atoms with E-state index in [1.165, 1.54) is 32.1 Å². The largest absolute Gasteiger partial charge is 0.369 e. The fourth-order valence-electron chi connectivity index (χ4n) is 4.32. The summed E-state index contributed by atoms with van der Waals surface area (Å²) < 4.78 is 0. The van der Waals surface area contributed by atoms with E-state index in [0.29, 0.717) is 17.0 Å². The number of hydrogen-bond acceptors (Lipinski definition) is 4. The summed E-state index contributed by atoms with van der Waals surface area (Å²) in [6.07, 6.45) is 9.37. The zero-order valence-electron chi connectivity index (χ0n) is 17.3. The third-order valence-electron chi connectivity index (χ3n) is 5.83. The fraction of sp³-hybridized carbons (Fsp3) is 0.727. The van der Waals surface area contributed by atoms with Crippen molar-refractivity contribution < 1.29 is 4.79 Å². The predicted octanol–water partition coefficient (Wildman–Crippen LogP) is 4.59. The van der Waals surface area contributed by atoms with Gasteiger partial charge in [0.25, 0.3) is 5.91 Å². The number of nitrogens with one attached hydrogen (secondary N) is 2. The van der Waals surface area contributed by atoms with Crippen molar-refractivity contribution in [1.82, 2.24) is 10.3 Å². The Labute approximate surface area is 164 Å². The minimum atomic E-state index is 0.0125. The number of nitrogens with zero attached hydrogens (tertiary/aromatic N) is 2. The number of anilines is 2. The van der Waals surface area contributed by atoms with Crippen LogP contribution in [0.15, 0.2) is 12.1 Å². The molecule has 3 rings (SSSR count). The number of aromatic nitrogens is 1. The van der Waals surface area contributed by atoms with Crippen LogP contribution in [0.4, 0.5) is 11.6 Å². The van der Waals surface area contributed by atoms with E-state index in [9.17, 15) is 4.79 Å². The lowest BCUT2D eigenvalue weighted by atomic mass is 9.84. The molecule has 0 bridgehead atoms. The highest BCUT2D eigenvalue weighted by Gasteiger charge is 2.28. The van der Waals surface area contributed by atoms with Crippen LogP contribution in [-0.2, 0) is 0 Å². The standard InChI is InChI=1S/C22H36N4O/c1-4-14-23-20-18(21(27)24-17-9-6-5-7-10-17)11-12-19(25-20)26-15-8-13-22(2,3)16-26/h11-12,17H,4-10,13-16H2,1-3H3,(H,23,25)(H,24,27). The maximum Gasteiger partial charge on any atom is 0.255 e. The first-order chi connectivity index (χ1) is 13.0. The minimum absolute atomic E-state index is 0.0125. The lowest BCUT2D eigenvalue weighted by molar-refractivity contribution is 0.0928. The first-order valence-corrected chi connectivity index (χ1v) is 10.8. The normalized spacial score (nSPS) is 20.3. The average Bonchev–Trinajstić information content (AvgIpc) is 2.66. The van der Waals surface area contributed by atoms with E-state index in [-0.39, 0.29) is 5.91 Å². The van der Waals surface area contributed by atoms with Crippen molar-refractivity contribution in [2.45, 2.75) is 78.2 Å². The Morgan fingerprint density at radius 1 is 1.22 bits per heavy atom. The Kier molecular flexibility index (Phi) is 6.61. The van der Waals surface area contributed by atoms with Gasteiger partial charge in [0.1, 0.15) is 11.6 Å². The van der Waals surface area contributed by atoms with Crippen molar-refractivity contribution in [3.05, 3.63) is 17.7 Å². The maximum absolute atomic E-state index is 12.9. The van der Waals surface area contributed by atoms with Gasteiger partial charge in [-0.1, -0.05) is 40.0 Å².